The Balaban J connectivity index is 1.16. The average Bonchev–Trinajstić information content (AvgIpc) is 3.10. The fraction of sp³-hybridized carbons (Fsp3) is 0.500. The lowest BCUT2D eigenvalue weighted by Gasteiger charge is -2.35. The zero-order valence-corrected chi connectivity index (χ0v) is 28.9. The van der Waals surface area contributed by atoms with Gasteiger partial charge >= 0.3 is 0 Å². The second-order valence-electron chi connectivity index (χ2n) is 14.2. The summed E-state index contributed by atoms with van der Waals surface area (Å²) in [6, 6.07) is 16.8. The summed E-state index contributed by atoms with van der Waals surface area (Å²) >= 11 is 0. The van der Waals surface area contributed by atoms with Crippen LogP contribution in [0, 0.1) is 30.3 Å². The molecule has 51 heavy (non-hydrogen) atoms. The molecule has 3 saturated heterocycles. The van der Waals surface area contributed by atoms with Crippen LogP contribution in [0.25, 0.3) is 0 Å². The standard InChI is InChI=1S/C36H45N9O6/c46-43(47)34-28-4-1-5-29(34)23-38-12-16-40(17-13-38)25-31-7-3-9-33(36(31)45(50)51)27-42-20-18-41(19-21-42)26-32-8-2-6-30(35(32)44(48)49)24-39-14-10-37(22-28)11-15-39/h1-9H,10-27H2. The first kappa shape index (κ1) is 35.0. The van der Waals surface area contributed by atoms with E-state index < -0.39 is 0 Å². The van der Waals surface area contributed by atoms with Gasteiger partial charge in [-0.2, -0.15) is 0 Å². The first-order valence-electron chi connectivity index (χ1n) is 17.8. The molecule has 0 spiro atoms. The summed E-state index contributed by atoms with van der Waals surface area (Å²) in [5.41, 5.74) is 4.66. The molecule has 7 heterocycles. The highest BCUT2D eigenvalue weighted by molar-refractivity contribution is 5.50. The molecule has 270 valence electrons. The summed E-state index contributed by atoms with van der Waals surface area (Å²) in [5, 5.41) is 37.3. The van der Waals surface area contributed by atoms with E-state index in [0.29, 0.717) is 151 Å². The van der Waals surface area contributed by atoms with Crippen LogP contribution in [-0.2, 0) is 39.3 Å². The van der Waals surface area contributed by atoms with Crippen LogP contribution in [0.3, 0.4) is 0 Å². The number of para-hydroxylation sites is 3. The van der Waals surface area contributed by atoms with Crippen molar-refractivity contribution in [2.24, 2.45) is 0 Å². The molecule has 3 aromatic rings. The molecule has 0 radical (unpaired) electrons. The summed E-state index contributed by atoms with van der Waals surface area (Å²) < 4.78 is 0. The van der Waals surface area contributed by atoms with Gasteiger partial charge in [0.25, 0.3) is 17.1 Å². The van der Waals surface area contributed by atoms with Crippen molar-refractivity contribution in [1.82, 2.24) is 29.4 Å². The maximum absolute atomic E-state index is 12.4. The zero-order valence-electron chi connectivity index (χ0n) is 28.9. The topological polar surface area (TPSA) is 149 Å². The fourth-order valence-electron chi connectivity index (χ4n) is 8.16. The highest BCUT2D eigenvalue weighted by Gasteiger charge is 2.30. The first-order valence-corrected chi connectivity index (χ1v) is 17.8. The Kier molecular flexibility index (Phi) is 10.6. The number of nitrogens with zero attached hydrogens (tertiary/aromatic N) is 9. The van der Waals surface area contributed by atoms with Gasteiger partial charge in [0.2, 0.25) is 0 Å². The molecule has 15 heteroatoms. The minimum Gasteiger partial charge on any atom is -0.296 e. The van der Waals surface area contributed by atoms with Crippen molar-refractivity contribution in [3.63, 3.8) is 0 Å². The lowest BCUT2D eigenvalue weighted by Crippen LogP contribution is -2.45. The van der Waals surface area contributed by atoms with Gasteiger partial charge in [-0.1, -0.05) is 54.6 Å². The molecule has 7 aliphatic rings. The molecule has 0 amide bonds. The van der Waals surface area contributed by atoms with Gasteiger partial charge < -0.3 is 0 Å². The van der Waals surface area contributed by atoms with E-state index in [0.717, 1.165) is 0 Å². The SMILES string of the molecule is O=[N+]([O-])c1c2cccc1CN1CCN(CC1)Cc1cccc(c1[N+](=O)[O-])CN1CCN(CC1)Cc1cccc(c1[N+](=O)[O-])CN1CCN(CC1)C2. The van der Waals surface area contributed by atoms with Crippen molar-refractivity contribution in [3.8, 4) is 0 Å². The van der Waals surface area contributed by atoms with E-state index in [1.165, 1.54) is 0 Å². The fourth-order valence-corrected chi connectivity index (χ4v) is 8.16. The van der Waals surface area contributed by atoms with Crippen molar-refractivity contribution < 1.29 is 14.8 Å². The zero-order chi connectivity index (χ0) is 35.5. The van der Waals surface area contributed by atoms with E-state index in [2.05, 4.69) is 29.4 Å². The molecule has 3 fully saturated rings. The second-order valence-corrected chi connectivity index (χ2v) is 14.2. The molecule has 0 N–H and O–H groups in total. The van der Waals surface area contributed by atoms with Gasteiger partial charge in [-0.25, -0.2) is 0 Å². The molecule has 0 unspecified atom stereocenters. The minimum absolute atomic E-state index is 0.167. The molecule has 15 nitrogen and oxygen atoms in total. The summed E-state index contributed by atoms with van der Waals surface area (Å²) in [5.74, 6) is 0. The van der Waals surface area contributed by atoms with Crippen LogP contribution in [0.15, 0.2) is 54.6 Å². The molecule has 0 atom stereocenters. The summed E-state index contributed by atoms with van der Waals surface area (Å²) in [7, 11) is 0. The Morgan fingerprint density at radius 2 is 0.490 bits per heavy atom. The average molecular weight is 700 g/mol. The third kappa shape index (κ3) is 8.08. The quantitative estimate of drug-likeness (QED) is 0.290. The van der Waals surface area contributed by atoms with Crippen LogP contribution in [-0.4, -0.2) is 123 Å². The third-order valence-electron chi connectivity index (χ3n) is 10.9. The van der Waals surface area contributed by atoms with Crippen molar-refractivity contribution in [2.75, 3.05) is 78.5 Å². The lowest BCUT2D eigenvalue weighted by atomic mass is 10.0. The van der Waals surface area contributed by atoms with E-state index >= 15 is 0 Å². The predicted octanol–water partition coefficient (Wildman–Crippen LogP) is 3.68. The van der Waals surface area contributed by atoms with Crippen LogP contribution in [0.4, 0.5) is 17.1 Å². The summed E-state index contributed by atoms with van der Waals surface area (Å²) in [6.45, 7) is 11.3. The van der Waals surface area contributed by atoms with E-state index in [-0.39, 0.29) is 31.8 Å². The summed E-state index contributed by atoms with van der Waals surface area (Å²) in [4.78, 5) is 49.9. The molecule has 3 aromatic carbocycles. The van der Waals surface area contributed by atoms with Gasteiger partial charge in [0, 0.05) is 151 Å². The number of nitro benzene ring substituents is 3. The smallest absolute Gasteiger partial charge is 0.278 e. The van der Waals surface area contributed by atoms with E-state index in [4.69, 9.17) is 0 Å². The monoisotopic (exact) mass is 699 g/mol. The molecule has 0 aromatic heterocycles. The van der Waals surface area contributed by atoms with Crippen molar-refractivity contribution in [1.29, 1.82) is 0 Å². The molecule has 0 saturated carbocycles. The molecular weight excluding hydrogens is 654 g/mol. The number of hydrogen-bond donors (Lipinski definition) is 0. The number of benzene rings is 3. The Hall–Kier alpha value is -4.38. The Labute approximate surface area is 297 Å². The Bertz CT molecular complexity index is 1470. The van der Waals surface area contributed by atoms with Crippen molar-refractivity contribution in [3.05, 3.63) is 118 Å². The van der Waals surface area contributed by atoms with E-state index in [9.17, 15) is 30.3 Å². The number of piperazine rings is 3. The maximum Gasteiger partial charge on any atom is 0.278 e. The number of fused-ring (bicyclic) bond motifs is 3. The van der Waals surface area contributed by atoms with Gasteiger partial charge in [-0.15, -0.1) is 0 Å². The van der Waals surface area contributed by atoms with Crippen LogP contribution >= 0.6 is 0 Å². The molecule has 7 aliphatic heterocycles. The molecule has 0 aliphatic carbocycles. The number of rotatable bonds is 3. The van der Waals surface area contributed by atoms with Gasteiger partial charge in [0.05, 0.1) is 14.8 Å². The Morgan fingerprint density at radius 3 is 0.627 bits per heavy atom. The minimum atomic E-state index is -0.258. The number of hydrogen-bond acceptors (Lipinski definition) is 12. The van der Waals surface area contributed by atoms with Crippen molar-refractivity contribution >= 4 is 17.1 Å². The van der Waals surface area contributed by atoms with Gasteiger partial charge in [0.1, 0.15) is 0 Å². The van der Waals surface area contributed by atoms with Crippen LogP contribution in [0.1, 0.15) is 33.4 Å². The van der Waals surface area contributed by atoms with Crippen LogP contribution in [0.5, 0.6) is 0 Å². The normalized spacial score (nSPS) is 27.1. The Morgan fingerprint density at radius 1 is 0.333 bits per heavy atom. The third-order valence-corrected chi connectivity index (χ3v) is 10.9. The predicted molar refractivity (Wildman–Crippen MR) is 191 cm³/mol. The van der Waals surface area contributed by atoms with Crippen LogP contribution in [0.2, 0.25) is 0 Å². The molecule has 12 bridgehead atoms. The van der Waals surface area contributed by atoms with E-state index in [1.807, 2.05) is 54.6 Å². The van der Waals surface area contributed by atoms with Gasteiger partial charge in [-0.3, -0.25) is 59.7 Å². The van der Waals surface area contributed by atoms with Crippen molar-refractivity contribution in [2.45, 2.75) is 39.3 Å². The maximum atomic E-state index is 12.4. The molecular formula is C36H45N9O6. The number of nitro groups is 3. The first-order chi connectivity index (χ1) is 24.7. The molecule has 10 rings (SSSR count). The van der Waals surface area contributed by atoms with Gasteiger partial charge in [-0.05, 0) is 0 Å². The summed E-state index contributed by atoms with van der Waals surface area (Å²) in [6.07, 6.45) is 0. The van der Waals surface area contributed by atoms with E-state index in [1.54, 1.807) is 0 Å². The highest BCUT2D eigenvalue weighted by Crippen LogP contribution is 2.31. The largest absolute Gasteiger partial charge is 0.296 e. The second kappa shape index (κ2) is 15.5. The van der Waals surface area contributed by atoms with Gasteiger partial charge in [0.15, 0.2) is 0 Å². The lowest BCUT2D eigenvalue weighted by molar-refractivity contribution is -0.386. The highest BCUT2D eigenvalue weighted by atomic mass is 16.6. The van der Waals surface area contributed by atoms with Crippen LogP contribution < -0.4 is 0 Å².